The van der Waals surface area contributed by atoms with Crippen LogP contribution in [0.15, 0.2) is 48.5 Å². The van der Waals surface area contributed by atoms with E-state index in [1.165, 1.54) is 15.2 Å². The summed E-state index contributed by atoms with van der Waals surface area (Å²) in [6.07, 6.45) is 3.15. The highest BCUT2D eigenvalue weighted by atomic mass is 32.1. The first-order valence-corrected chi connectivity index (χ1v) is 12.8. The second-order valence-corrected chi connectivity index (χ2v) is 11.7. The first-order valence-electron chi connectivity index (χ1n) is 12.0. The van der Waals surface area contributed by atoms with E-state index < -0.39 is 5.54 Å². The summed E-state index contributed by atoms with van der Waals surface area (Å²) in [4.78, 5) is 35.1. The van der Waals surface area contributed by atoms with Crippen molar-refractivity contribution in [2.75, 3.05) is 13.2 Å². The zero-order chi connectivity index (χ0) is 24.1. The molecule has 0 spiro atoms. The van der Waals surface area contributed by atoms with E-state index in [4.69, 9.17) is 4.98 Å². The lowest BCUT2D eigenvalue weighted by Crippen LogP contribution is -2.46. The third kappa shape index (κ3) is 4.01. The van der Waals surface area contributed by atoms with Crippen LogP contribution in [0, 0.1) is 0 Å². The minimum absolute atomic E-state index is 0.0261. The van der Waals surface area contributed by atoms with E-state index >= 15 is 0 Å². The smallest absolute Gasteiger partial charge is 0.319 e. The number of likely N-dealkylation sites (tertiary alicyclic amines) is 1. The maximum atomic E-state index is 13.6. The van der Waals surface area contributed by atoms with Gasteiger partial charge in [-0.15, -0.1) is 11.3 Å². The molecular weight excluding hydrogens is 444 g/mol. The number of hydrogen-bond donors (Lipinski definition) is 1. The second kappa shape index (κ2) is 8.47. The summed E-state index contributed by atoms with van der Waals surface area (Å²) in [6.45, 7) is 9.41. The van der Waals surface area contributed by atoms with Crippen molar-refractivity contribution in [1.82, 2.24) is 20.1 Å². The fourth-order valence-corrected chi connectivity index (χ4v) is 6.12. The number of piperidine rings is 1. The van der Waals surface area contributed by atoms with Crippen LogP contribution in [-0.2, 0) is 15.7 Å². The number of carbonyl (C=O) groups excluding carboxylic acids is 2. The number of carbonyl (C=O) groups is 2. The molecule has 2 unspecified atom stereocenters. The van der Waals surface area contributed by atoms with E-state index in [0.717, 1.165) is 41.9 Å². The molecule has 0 saturated carbocycles. The Labute approximate surface area is 205 Å². The van der Waals surface area contributed by atoms with Crippen LogP contribution in [0.2, 0.25) is 0 Å². The number of amides is 3. The van der Waals surface area contributed by atoms with E-state index in [1.807, 2.05) is 30.3 Å². The molecule has 1 aromatic heterocycles. The molecule has 34 heavy (non-hydrogen) atoms. The van der Waals surface area contributed by atoms with Crippen molar-refractivity contribution in [1.29, 1.82) is 0 Å². The molecule has 5 rings (SSSR count). The van der Waals surface area contributed by atoms with Gasteiger partial charge in [0.25, 0.3) is 5.91 Å². The van der Waals surface area contributed by atoms with Crippen molar-refractivity contribution in [2.24, 2.45) is 0 Å². The molecule has 6 nitrogen and oxygen atoms in total. The zero-order valence-electron chi connectivity index (χ0n) is 20.3. The summed E-state index contributed by atoms with van der Waals surface area (Å²) in [7, 11) is 0. The number of hydrogen-bond acceptors (Lipinski definition) is 5. The summed E-state index contributed by atoms with van der Waals surface area (Å²) in [5.41, 5.74) is 1.98. The lowest BCUT2D eigenvalue weighted by atomic mass is 9.84. The van der Waals surface area contributed by atoms with Crippen molar-refractivity contribution in [3.8, 4) is 0 Å². The summed E-state index contributed by atoms with van der Waals surface area (Å²) >= 11 is 1.71. The molecule has 178 valence electrons. The van der Waals surface area contributed by atoms with E-state index in [0.29, 0.717) is 0 Å². The molecular formula is C27H32N4O2S. The largest absolute Gasteiger partial charge is 0.326 e. The van der Waals surface area contributed by atoms with Crippen LogP contribution in [0.25, 0.3) is 10.2 Å². The van der Waals surface area contributed by atoms with Crippen molar-refractivity contribution in [2.45, 2.75) is 64.0 Å². The highest BCUT2D eigenvalue weighted by Gasteiger charge is 2.50. The van der Waals surface area contributed by atoms with E-state index in [-0.39, 0.29) is 30.1 Å². The number of benzene rings is 2. The number of para-hydroxylation sites is 1. The van der Waals surface area contributed by atoms with Crippen LogP contribution < -0.4 is 5.32 Å². The maximum Gasteiger partial charge on any atom is 0.326 e. The number of urea groups is 1. The Morgan fingerprint density at radius 3 is 2.53 bits per heavy atom. The van der Waals surface area contributed by atoms with Gasteiger partial charge in [-0.1, -0.05) is 63.6 Å². The molecule has 2 aromatic carbocycles. The lowest BCUT2D eigenvalue weighted by molar-refractivity contribution is -0.133. The van der Waals surface area contributed by atoms with Crippen LogP contribution in [0.4, 0.5) is 4.79 Å². The summed E-state index contributed by atoms with van der Waals surface area (Å²) in [6, 6.07) is 16.0. The van der Waals surface area contributed by atoms with Gasteiger partial charge < -0.3 is 5.32 Å². The number of nitrogens with one attached hydrogen (secondary N) is 1. The normalized spacial score (nSPS) is 24.1. The monoisotopic (exact) mass is 476 g/mol. The molecule has 1 N–H and O–H groups in total. The first-order chi connectivity index (χ1) is 16.2. The first kappa shape index (κ1) is 23.0. The molecule has 2 aliphatic rings. The quantitative estimate of drug-likeness (QED) is 0.502. The Hall–Kier alpha value is -2.77. The maximum absolute atomic E-state index is 13.6. The Morgan fingerprint density at radius 1 is 1.09 bits per heavy atom. The Kier molecular flexibility index (Phi) is 5.73. The Bertz CT molecular complexity index is 1200. The van der Waals surface area contributed by atoms with Gasteiger partial charge >= 0.3 is 6.03 Å². The SMILES string of the molecule is CC(C)(C)c1ccc(C2(C)NC(=O)N(CN3CCCCC3c3nc4ccccc4s3)C2=O)cc1. The van der Waals surface area contributed by atoms with Crippen molar-refractivity contribution in [3.05, 3.63) is 64.7 Å². The van der Waals surface area contributed by atoms with Gasteiger partial charge in [0.1, 0.15) is 10.5 Å². The molecule has 3 heterocycles. The van der Waals surface area contributed by atoms with Gasteiger partial charge in [-0.05, 0) is 48.4 Å². The van der Waals surface area contributed by atoms with Gasteiger partial charge in [0, 0.05) is 6.54 Å². The third-order valence-electron chi connectivity index (χ3n) is 7.14. The molecule has 2 atom stereocenters. The fraction of sp³-hybridized carbons (Fsp3) is 0.444. The van der Waals surface area contributed by atoms with E-state index in [2.05, 4.69) is 49.2 Å². The molecule has 2 saturated heterocycles. The average Bonchev–Trinajstić information content (AvgIpc) is 3.34. The molecule has 2 aliphatic heterocycles. The standard InChI is InChI=1S/C27H32N4O2S/c1-26(2,3)18-12-14-19(15-13-18)27(4)24(32)31(25(33)29-27)17-30-16-8-7-10-21(30)23-28-20-9-5-6-11-22(20)34-23/h5-6,9,11-15,21H,7-8,10,16-17H2,1-4H3,(H,29,33). The van der Waals surface area contributed by atoms with Crippen molar-refractivity contribution in [3.63, 3.8) is 0 Å². The van der Waals surface area contributed by atoms with Gasteiger partial charge in [-0.25, -0.2) is 14.7 Å². The molecule has 3 aromatic rings. The van der Waals surface area contributed by atoms with Crippen LogP contribution in [0.3, 0.4) is 0 Å². The molecule has 3 amide bonds. The minimum atomic E-state index is -1.06. The van der Waals surface area contributed by atoms with E-state index in [9.17, 15) is 9.59 Å². The van der Waals surface area contributed by atoms with Crippen LogP contribution in [-0.4, -0.2) is 39.9 Å². The number of fused-ring (bicyclic) bond motifs is 1. The third-order valence-corrected chi connectivity index (χ3v) is 8.27. The number of rotatable bonds is 4. The topological polar surface area (TPSA) is 65.5 Å². The van der Waals surface area contributed by atoms with Gasteiger partial charge in [-0.2, -0.15) is 0 Å². The zero-order valence-corrected chi connectivity index (χ0v) is 21.1. The number of thiazole rings is 1. The number of nitrogens with zero attached hydrogens (tertiary/aromatic N) is 3. The molecule has 0 aliphatic carbocycles. The van der Waals surface area contributed by atoms with Crippen LogP contribution >= 0.6 is 11.3 Å². The van der Waals surface area contributed by atoms with Crippen LogP contribution in [0.5, 0.6) is 0 Å². The summed E-state index contributed by atoms with van der Waals surface area (Å²) < 4.78 is 1.17. The highest BCUT2D eigenvalue weighted by Crippen LogP contribution is 2.37. The Balaban J connectivity index is 1.38. The second-order valence-electron chi connectivity index (χ2n) is 10.6. The minimum Gasteiger partial charge on any atom is -0.319 e. The van der Waals surface area contributed by atoms with Crippen LogP contribution in [0.1, 0.15) is 69.1 Å². The highest BCUT2D eigenvalue weighted by molar-refractivity contribution is 7.18. The van der Waals surface area contributed by atoms with Crippen molar-refractivity contribution < 1.29 is 9.59 Å². The molecule has 2 fully saturated rings. The molecule has 0 bridgehead atoms. The summed E-state index contributed by atoms with van der Waals surface area (Å²) in [5, 5.41) is 4.03. The predicted octanol–water partition coefficient (Wildman–Crippen LogP) is 5.55. The molecule has 7 heteroatoms. The summed E-state index contributed by atoms with van der Waals surface area (Å²) in [5.74, 6) is -0.199. The average molecular weight is 477 g/mol. The lowest BCUT2D eigenvalue weighted by Gasteiger charge is -2.36. The van der Waals surface area contributed by atoms with Gasteiger partial charge in [0.05, 0.1) is 22.9 Å². The Morgan fingerprint density at radius 2 is 1.82 bits per heavy atom. The van der Waals surface area contributed by atoms with Gasteiger partial charge in [-0.3, -0.25) is 9.69 Å². The van der Waals surface area contributed by atoms with Gasteiger partial charge in [0.2, 0.25) is 0 Å². The van der Waals surface area contributed by atoms with E-state index in [1.54, 1.807) is 18.3 Å². The number of aromatic nitrogens is 1. The fourth-order valence-electron chi connectivity index (χ4n) is 4.98. The molecule has 0 radical (unpaired) electrons. The van der Waals surface area contributed by atoms with Gasteiger partial charge in [0.15, 0.2) is 0 Å². The van der Waals surface area contributed by atoms with Crippen molar-refractivity contribution >= 4 is 33.5 Å². The predicted molar refractivity (Wildman–Crippen MR) is 136 cm³/mol. The number of imide groups is 1.